The molecule has 2 heterocycles. The van der Waals surface area contributed by atoms with Crippen molar-refractivity contribution in [2.75, 3.05) is 51.5 Å². The van der Waals surface area contributed by atoms with Gasteiger partial charge >= 0.3 is 0 Å². The molecule has 4 rings (SSSR count). The lowest BCUT2D eigenvalue weighted by atomic mass is 9.98. The zero-order valence-corrected chi connectivity index (χ0v) is 18.5. The van der Waals surface area contributed by atoms with E-state index in [0.717, 1.165) is 29.6 Å². The Morgan fingerprint density at radius 1 is 0.938 bits per heavy atom. The monoisotopic (exact) mass is 431 g/mol. The number of piperidine rings is 1. The molecule has 0 N–H and O–H groups in total. The van der Waals surface area contributed by atoms with Crippen molar-refractivity contribution in [2.24, 2.45) is 0 Å². The predicted molar refractivity (Wildman–Crippen MR) is 126 cm³/mol. The maximum Gasteiger partial charge on any atom is 0.232 e. The van der Waals surface area contributed by atoms with Crippen LogP contribution in [0.4, 0.5) is 5.69 Å². The van der Waals surface area contributed by atoms with E-state index in [1.807, 2.05) is 6.07 Å². The zero-order valence-electron chi connectivity index (χ0n) is 18.5. The molecule has 0 amide bonds. The molecule has 2 aromatic carbocycles. The Morgan fingerprint density at radius 3 is 2.53 bits per heavy atom. The van der Waals surface area contributed by atoms with Crippen LogP contribution in [0.2, 0.25) is 0 Å². The minimum atomic E-state index is 0.325. The van der Waals surface area contributed by atoms with E-state index in [-0.39, 0.29) is 0 Å². The Bertz CT molecular complexity index is 1090. The first-order valence-electron chi connectivity index (χ1n) is 11.2. The lowest BCUT2D eigenvalue weighted by Crippen LogP contribution is -2.29. The van der Waals surface area contributed by atoms with Crippen LogP contribution in [0.1, 0.15) is 24.8 Å². The molecule has 0 radical (unpaired) electrons. The Morgan fingerprint density at radius 2 is 1.72 bits per heavy atom. The quantitative estimate of drug-likeness (QED) is 0.453. The summed E-state index contributed by atoms with van der Waals surface area (Å²) in [5.74, 6) is 0.334. The van der Waals surface area contributed by atoms with Gasteiger partial charge in [0, 0.05) is 37.6 Å². The normalized spacial score (nSPS) is 13.8. The van der Waals surface area contributed by atoms with E-state index < -0.39 is 0 Å². The summed E-state index contributed by atoms with van der Waals surface area (Å²) in [6, 6.07) is 17.1. The number of hydrogen-bond acceptors (Lipinski definition) is 6. The number of nitriles is 1. The van der Waals surface area contributed by atoms with Crippen LogP contribution in [-0.4, -0.2) is 51.6 Å². The van der Waals surface area contributed by atoms with E-state index in [0.29, 0.717) is 37.9 Å². The van der Waals surface area contributed by atoms with Crippen molar-refractivity contribution in [1.82, 2.24) is 4.98 Å². The van der Waals surface area contributed by atoms with Gasteiger partial charge in [0.25, 0.3) is 0 Å². The number of methoxy groups -OCH3 is 1. The number of pyridine rings is 1. The molecule has 1 aromatic heterocycles. The van der Waals surface area contributed by atoms with Gasteiger partial charge in [0.2, 0.25) is 5.88 Å². The lowest BCUT2D eigenvalue weighted by molar-refractivity contribution is 0.0536. The second-order valence-corrected chi connectivity index (χ2v) is 7.90. The highest BCUT2D eigenvalue weighted by Gasteiger charge is 2.14. The fourth-order valence-electron chi connectivity index (χ4n) is 4.09. The van der Waals surface area contributed by atoms with Crippen molar-refractivity contribution >= 4 is 16.5 Å². The van der Waals surface area contributed by atoms with Crippen molar-refractivity contribution < 1.29 is 14.2 Å². The number of nitrogens with zero attached hydrogens (tertiary/aromatic N) is 3. The number of fused-ring (bicyclic) bond motifs is 1. The Labute approximate surface area is 189 Å². The van der Waals surface area contributed by atoms with Crippen molar-refractivity contribution in [3.05, 3.63) is 54.2 Å². The summed E-state index contributed by atoms with van der Waals surface area (Å²) in [6.07, 6.45) is 5.54. The molecule has 32 heavy (non-hydrogen) atoms. The van der Waals surface area contributed by atoms with Crippen molar-refractivity contribution in [3.8, 4) is 23.1 Å². The fraction of sp³-hybridized carbons (Fsp3) is 0.385. The highest BCUT2D eigenvalue weighted by atomic mass is 16.5. The molecule has 0 spiro atoms. The third kappa shape index (κ3) is 5.18. The first kappa shape index (κ1) is 22.1. The van der Waals surface area contributed by atoms with E-state index in [9.17, 15) is 5.26 Å². The van der Waals surface area contributed by atoms with Crippen LogP contribution >= 0.6 is 0 Å². The molecule has 1 saturated heterocycles. The van der Waals surface area contributed by atoms with Crippen molar-refractivity contribution in [3.63, 3.8) is 0 Å². The first-order valence-corrected chi connectivity index (χ1v) is 11.2. The number of benzene rings is 2. The van der Waals surface area contributed by atoms with Crippen molar-refractivity contribution in [1.29, 1.82) is 5.26 Å². The van der Waals surface area contributed by atoms with E-state index >= 15 is 0 Å². The van der Waals surface area contributed by atoms with Gasteiger partial charge in [-0.2, -0.15) is 5.26 Å². The fourth-order valence-corrected chi connectivity index (χ4v) is 4.09. The predicted octanol–water partition coefficient (Wildman–Crippen LogP) is 4.81. The Hall–Kier alpha value is -3.14. The molecule has 1 fully saturated rings. The highest BCUT2D eigenvalue weighted by Crippen LogP contribution is 2.32. The second kappa shape index (κ2) is 10.9. The summed E-state index contributed by atoms with van der Waals surface area (Å²) < 4.78 is 16.1. The maximum absolute atomic E-state index is 9.80. The van der Waals surface area contributed by atoms with Gasteiger partial charge in [-0.3, -0.25) is 0 Å². The van der Waals surface area contributed by atoms with E-state index in [2.05, 4.69) is 52.4 Å². The van der Waals surface area contributed by atoms with Gasteiger partial charge in [-0.05, 0) is 59.9 Å². The SMILES string of the molecule is COCCOCCOc1nccc(-c2ccc3cc(N4CCCCC4)ccc3c2)c1C#N. The number of aromatic nitrogens is 1. The van der Waals surface area contributed by atoms with Gasteiger partial charge in [-0.15, -0.1) is 0 Å². The summed E-state index contributed by atoms with van der Waals surface area (Å²) in [5.41, 5.74) is 3.52. The summed E-state index contributed by atoms with van der Waals surface area (Å²) in [7, 11) is 1.63. The van der Waals surface area contributed by atoms with Gasteiger partial charge in [-0.25, -0.2) is 4.98 Å². The van der Waals surface area contributed by atoms with Gasteiger partial charge in [0.05, 0.1) is 19.8 Å². The molecule has 0 bridgehead atoms. The number of hydrogen-bond donors (Lipinski definition) is 0. The molecule has 1 aliphatic rings. The third-order valence-corrected chi connectivity index (χ3v) is 5.78. The molecule has 0 atom stereocenters. The van der Waals surface area contributed by atoms with E-state index in [4.69, 9.17) is 14.2 Å². The molecule has 166 valence electrons. The average Bonchev–Trinajstić information content (AvgIpc) is 2.85. The Kier molecular flexibility index (Phi) is 7.55. The summed E-state index contributed by atoms with van der Waals surface area (Å²) >= 11 is 0. The number of rotatable bonds is 9. The number of ether oxygens (including phenoxy) is 3. The van der Waals surface area contributed by atoms with Crippen molar-refractivity contribution in [2.45, 2.75) is 19.3 Å². The lowest BCUT2D eigenvalue weighted by Gasteiger charge is -2.29. The summed E-state index contributed by atoms with van der Waals surface area (Å²) in [5, 5.41) is 12.2. The van der Waals surface area contributed by atoms with Crippen LogP contribution < -0.4 is 9.64 Å². The molecule has 0 unspecified atom stereocenters. The average molecular weight is 432 g/mol. The third-order valence-electron chi connectivity index (χ3n) is 5.78. The molecule has 6 heteroatoms. The Balaban J connectivity index is 1.53. The number of anilines is 1. The molecule has 3 aromatic rings. The molecule has 1 aliphatic heterocycles. The largest absolute Gasteiger partial charge is 0.474 e. The zero-order chi connectivity index (χ0) is 22.2. The van der Waals surface area contributed by atoms with Crippen LogP contribution in [0.3, 0.4) is 0 Å². The molecular formula is C26H29N3O3. The highest BCUT2D eigenvalue weighted by molar-refractivity contribution is 5.90. The molecule has 6 nitrogen and oxygen atoms in total. The molecular weight excluding hydrogens is 402 g/mol. The van der Waals surface area contributed by atoms with Gasteiger partial charge in [-0.1, -0.05) is 18.2 Å². The molecule has 0 aliphatic carbocycles. The van der Waals surface area contributed by atoms with Crippen LogP contribution in [0.25, 0.3) is 21.9 Å². The molecule has 0 saturated carbocycles. The van der Waals surface area contributed by atoms with Gasteiger partial charge in [0.15, 0.2) is 0 Å². The minimum absolute atomic E-state index is 0.325. The van der Waals surface area contributed by atoms with Crippen LogP contribution in [0.15, 0.2) is 48.7 Å². The van der Waals surface area contributed by atoms with Gasteiger partial charge < -0.3 is 19.1 Å². The topological polar surface area (TPSA) is 67.6 Å². The second-order valence-electron chi connectivity index (χ2n) is 7.90. The minimum Gasteiger partial charge on any atom is -0.474 e. The van der Waals surface area contributed by atoms with Crippen LogP contribution in [0.5, 0.6) is 5.88 Å². The maximum atomic E-state index is 9.80. The summed E-state index contributed by atoms with van der Waals surface area (Å²) in [4.78, 5) is 6.73. The van der Waals surface area contributed by atoms with E-state index in [1.165, 1.54) is 30.3 Å². The summed E-state index contributed by atoms with van der Waals surface area (Å²) in [6.45, 7) is 4.05. The standard InChI is InChI=1S/C26H29N3O3/c1-30-13-14-31-15-16-32-26-25(19-27)24(9-10-28-26)22-6-5-21-18-23(8-7-20(21)17-22)29-11-3-2-4-12-29/h5-10,17-18H,2-4,11-16H2,1H3. The van der Waals surface area contributed by atoms with Crippen LogP contribution in [0, 0.1) is 11.3 Å². The first-order chi connectivity index (χ1) is 15.8. The van der Waals surface area contributed by atoms with Gasteiger partial charge in [0.1, 0.15) is 18.2 Å². The van der Waals surface area contributed by atoms with Crippen LogP contribution in [-0.2, 0) is 9.47 Å². The van der Waals surface area contributed by atoms with E-state index in [1.54, 1.807) is 13.3 Å². The smallest absolute Gasteiger partial charge is 0.232 e.